The molecule has 3 heteroatoms. The molecule has 1 N–H and O–H groups in total. The number of hydrogen-bond acceptors (Lipinski definition) is 3. The SMILES string of the molecule is CCSCCCSc1ccccc1O. The van der Waals surface area contributed by atoms with Gasteiger partial charge in [0.25, 0.3) is 0 Å². The summed E-state index contributed by atoms with van der Waals surface area (Å²) in [6, 6.07) is 7.52. The third-order valence-electron chi connectivity index (χ3n) is 1.76. The second kappa shape index (κ2) is 7.07. The molecule has 0 unspecified atom stereocenters. The quantitative estimate of drug-likeness (QED) is 0.593. The van der Waals surface area contributed by atoms with Crippen molar-refractivity contribution in [2.75, 3.05) is 17.3 Å². The lowest BCUT2D eigenvalue weighted by Crippen LogP contribution is -1.84. The molecule has 1 aromatic carbocycles. The molecule has 14 heavy (non-hydrogen) atoms. The number of phenols is 1. The van der Waals surface area contributed by atoms with Gasteiger partial charge in [-0.1, -0.05) is 19.1 Å². The Morgan fingerprint density at radius 1 is 1.21 bits per heavy atom. The molecule has 0 aliphatic heterocycles. The van der Waals surface area contributed by atoms with Crippen molar-refractivity contribution in [3.05, 3.63) is 24.3 Å². The molecule has 0 heterocycles. The third kappa shape index (κ3) is 4.29. The summed E-state index contributed by atoms with van der Waals surface area (Å²) in [7, 11) is 0. The standard InChI is InChI=1S/C11H16OS2/c1-2-13-8-5-9-14-11-7-4-3-6-10(11)12/h3-4,6-7,12H,2,5,8-9H2,1H3. The molecule has 1 nitrogen and oxygen atoms in total. The highest BCUT2D eigenvalue weighted by molar-refractivity contribution is 8.00. The molecule has 0 aromatic heterocycles. The van der Waals surface area contributed by atoms with Gasteiger partial charge in [-0.15, -0.1) is 11.8 Å². The molecule has 0 amide bonds. The molecule has 1 rings (SSSR count). The summed E-state index contributed by atoms with van der Waals surface area (Å²) in [5, 5.41) is 9.49. The molecule has 0 fully saturated rings. The number of hydrogen-bond donors (Lipinski definition) is 1. The largest absolute Gasteiger partial charge is 0.507 e. The Bertz CT molecular complexity index is 263. The van der Waals surface area contributed by atoms with Gasteiger partial charge >= 0.3 is 0 Å². The Balaban J connectivity index is 2.21. The Morgan fingerprint density at radius 3 is 2.71 bits per heavy atom. The Labute approximate surface area is 94.3 Å². The van der Waals surface area contributed by atoms with E-state index >= 15 is 0 Å². The summed E-state index contributed by atoms with van der Waals surface area (Å²) in [6.07, 6.45) is 1.21. The number of rotatable bonds is 6. The summed E-state index contributed by atoms with van der Waals surface area (Å²) < 4.78 is 0. The summed E-state index contributed by atoms with van der Waals surface area (Å²) in [5.41, 5.74) is 0. The first kappa shape index (κ1) is 11.8. The van der Waals surface area contributed by atoms with Crippen LogP contribution < -0.4 is 0 Å². The topological polar surface area (TPSA) is 20.2 Å². The van der Waals surface area contributed by atoms with Crippen molar-refractivity contribution < 1.29 is 5.11 Å². The van der Waals surface area contributed by atoms with Crippen molar-refractivity contribution in [1.82, 2.24) is 0 Å². The maximum absolute atomic E-state index is 9.49. The lowest BCUT2D eigenvalue weighted by atomic mass is 10.3. The fraction of sp³-hybridized carbons (Fsp3) is 0.455. The second-order valence-electron chi connectivity index (χ2n) is 2.87. The van der Waals surface area contributed by atoms with Crippen LogP contribution in [0.5, 0.6) is 5.75 Å². The second-order valence-corrected chi connectivity index (χ2v) is 5.40. The summed E-state index contributed by atoms with van der Waals surface area (Å²) in [6.45, 7) is 2.18. The number of para-hydroxylation sites is 1. The van der Waals surface area contributed by atoms with E-state index in [9.17, 15) is 5.11 Å². The average Bonchev–Trinajstić information content (AvgIpc) is 2.20. The molecule has 0 radical (unpaired) electrons. The number of benzene rings is 1. The minimum Gasteiger partial charge on any atom is -0.507 e. The zero-order chi connectivity index (χ0) is 10.2. The highest BCUT2D eigenvalue weighted by atomic mass is 32.2. The van der Waals surface area contributed by atoms with Crippen LogP contribution in [0.2, 0.25) is 0 Å². The first-order chi connectivity index (χ1) is 6.84. The Morgan fingerprint density at radius 2 is 2.00 bits per heavy atom. The summed E-state index contributed by atoms with van der Waals surface area (Å²) in [4.78, 5) is 0.994. The summed E-state index contributed by atoms with van der Waals surface area (Å²) in [5.74, 6) is 3.91. The van der Waals surface area contributed by atoms with Crippen LogP contribution in [0, 0.1) is 0 Å². The number of thioether (sulfide) groups is 2. The van der Waals surface area contributed by atoms with Gasteiger partial charge in [0, 0.05) is 4.90 Å². The van der Waals surface area contributed by atoms with E-state index in [1.165, 1.54) is 17.9 Å². The van der Waals surface area contributed by atoms with E-state index < -0.39 is 0 Å². The van der Waals surface area contributed by atoms with Crippen molar-refractivity contribution >= 4 is 23.5 Å². The number of aromatic hydroxyl groups is 1. The Kier molecular flexibility index (Phi) is 5.96. The molecule has 0 saturated heterocycles. The van der Waals surface area contributed by atoms with E-state index in [0.29, 0.717) is 5.75 Å². The average molecular weight is 228 g/mol. The van der Waals surface area contributed by atoms with Crippen molar-refractivity contribution in [3.8, 4) is 5.75 Å². The number of phenolic OH excluding ortho intramolecular Hbond substituents is 1. The highest BCUT2D eigenvalue weighted by Gasteiger charge is 1.99. The van der Waals surface area contributed by atoms with Crippen LogP contribution in [0.25, 0.3) is 0 Å². The fourth-order valence-corrected chi connectivity index (χ4v) is 2.79. The molecular formula is C11H16OS2. The minimum absolute atomic E-state index is 0.403. The predicted octanol–water partition coefficient (Wildman–Crippen LogP) is 3.63. The molecule has 0 atom stereocenters. The van der Waals surface area contributed by atoms with Gasteiger partial charge in [0.15, 0.2) is 0 Å². The monoisotopic (exact) mass is 228 g/mol. The van der Waals surface area contributed by atoms with Crippen LogP contribution in [0.15, 0.2) is 29.2 Å². The van der Waals surface area contributed by atoms with Gasteiger partial charge in [0.2, 0.25) is 0 Å². The molecule has 0 bridgehead atoms. The van der Waals surface area contributed by atoms with Crippen molar-refractivity contribution in [2.24, 2.45) is 0 Å². The lowest BCUT2D eigenvalue weighted by Gasteiger charge is -2.03. The van der Waals surface area contributed by atoms with Gasteiger partial charge < -0.3 is 5.11 Å². The van der Waals surface area contributed by atoms with Gasteiger partial charge in [-0.3, -0.25) is 0 Å². The van der Waals surface area contributed by atoms with Crippen molar-refractivity contribution in [2.45, 2.75) is 18.2 Å². The van der Waals surface area contributed by atoms with Crippen LogP contribution in [0.3, 0.4) is 0 Å². The molecule has 78 valence electrons. The van der Waals surface area contributed by atoms with E-state index in [2.05, 4.69) is 6.92 Å². The maximum Gasteiger partial charge on any atom is 0.129 e. The van der Waals surface area contributed by atoms with Crippen LogP contribution in [0.1, 0.15) is 13.3 Å². The third-order valence-corrected chi connectivity index (χ3v) is 3.89. The van der Waals surface area contributed by atoms with E-state index in [0.717, 1.165) is 10.6 Å². The van der Waals surface area contributed by atoms with Gasteiger partial charge in [0.1, 0.15) is 5.75 Å². The fourth-order valence-electron chi connectivity index (χ4n) is 1.07. The predicted molar refractivity (Wildman–Crippen MR) is 66.4 cm³/mol. The van der Waals surface area contributed by atoms with Crippen LogP contribution in [-0.2, 0) is 0 Å². The van der Waals surface area contributed by atoms with Gasteiger partial charge in [0.05, 0.1) is 0 Å². The van der Waals surface area contributed by atoms with Crippen molar-refractivity contribution in [1.29, 1.82) is 0 Å². The van der Waals surface area contributed by atoms with E-state index in [-0.39, 0.29) is 0 Å². The molecular weight excluding hydrogens is 212 g/mol. The minimum atomic E-state index is 0.403. The van der Waals surface area contributed by atoms with E-state index in [1.54, 1.807) is 17.8 Å². The zero-order valence-electron chi connectivity index (χ0n) is 8.40. The summed E-state index contributed by atoms with van der Waals surface area (Å²) >= 11 is 3.71. The van der Waals surface area contributed by atoms with Gasteiger partial charge in [-0.05, 0) is 35.8 Å². The highest BCUT2D eigenvalue weighted by Crippen LogP contribution is 2.28. The van der Waals surface area contributed by atoms with E-state index in [1.807, 2.05) is 30.0 Å². The van der Waals surface area contributed by atoms with Crippen LogP contribution >= 0.6 is 23.5 Å². The van der Waals surface area contributed by atoms with Crippen molar-refractivity contribution in [3.63, 3.8) is 0 Å². The van der Waals surface area contributed by atoms with Crippen LogP contribution in [-0.4, -0.2) is 22.4 Å². The first-order valence-corrected chi connectivity index (χ1v) is 6.97. The zero-order valence-corrected chi connectivity index (χ0v) is 10.0. The molecule has 0 aliphatic rings. The molecule has 1 aromatic rings. The molecule has 0 aliphatic carbocycles. The normalized spacial score (nSPS) is 10.4. The smallest absolute Gasteiger partial charge is 0.129 e. The van der Waals surface area contributed by atoms with Crippen LogP contribution in [0.4, 0.5) is 0 Å². The maximum atomic E-state index is 9.49. The lowest BCUT2D eigenvalue weighted by molar-refractivity contribution is 0.462. The first-order valence-electron chi connectivity index (χ1n) is 4.83. The Hall–Kier alpha value is -0.280. The molecule has 0 saturated carbocycles. The van der Waals surface area contributed by atoms with Gasteiger partial charge in [-0.25, -0.2) is 0 Å². The molecule has 0 spiro atoms. The van der Waals surface area contributed by atoms with E-state index in [4.69, 9.17) is 0 Å². The van der Waals surface area contributed by atoms with Gasteiger partial charge in [-0.2, -0.15) is 11.8 Å².